The molecule has 0 heterocycles. The zero-order valence-electron chi connectivity index (χ0n) is 11.3. The predicted molar refractivity (Wildman–Crippen MR) is 75.7 cm³/mol. The second-order valence-corrected chi connectivity index (χ2v) is 4.34. The van der Waals surface area contributed by atoms with Gasteiger partial charge in [0.1, 0.15) is 0 Å². The maximum absolute atomic E-state index is 11.4. The second kappa shape index (κ2) is 7.54. The lowest BCUT2D eigenvalue weighted by Gasteiger charge is -2.12. The molecule has 0 N–H and O–H groups in total. The summed E-state index contributed by atoms with van der Waals surface area (Å²) in [5, 5.41) is 0. The molecule has 0 spiro atoms. The van der Waals surface area contributed by atoms with Gasteiger partial charge < -0.3 is 9.64 Å². The van der Waals surface area contributed by atoms with Gasteiger partial charge in [-0.15, -0.1) is 0 Å². The van der Waals surface area contributed by atoms with E-state index in [4.69, 9.17) is 4.74 Å². The first-order valence-corrected chi connectivity index (χ1v) is 6.25. The Hall–Kier alpha value is -1.77. The average Bonchev–Trinajstić information content (AvgIpc) is 2.37. The van der Waals surface area contributed by atoms with Crippen molar-refractivity contribution in [1.82, 2.24) is 0 Å². The molecular formula is C15H21NO2. The van der Waals surface area contributed by atoms with Crippen LogP contribution >= 0.6 is 0 Å². The molecule has 0 atom stereocenters. The second-order valence-electron chi connectivity index (χ2n) is 4.34. The van der Waals surface area contributed by atoms with Gasteiger partial charge in [-0.05, 0) is 30.2 Å². The van der Waals surface area contributed by atoms with E-state index in [0.717, 1.165) is 24.1 Å². The highest BCUT2D eigenvalue weighted by Crippen LogP contribution is 2.14. The van der Waals surface area contributed by atoms with Gasteiger partial charge in [0.05, 0.1) is 6.61 Å². The molecule has 0 unspecified atom stereocenters. The Balaban J connectivity index is 2.55. The van der Waals surface area contributed by atoms with Gasteiger partial charge in [-0.3, -0.25) is 0 Å². The lowest BCUT2D eigenvalue weighted by molar-refractivity contribution is -0.137. The molecule has 0 aliphatic rings. The van der Waals surface area contributed by atoms with Crippen molar-refractivity contribution in [2.24, 2.45) is 0 Å². The van der Waals surface area contributed by atoms with Crippen molar-refractivity contribution in [2.45, 2.75) is 19.8 Å². The zero-order chi connectivity index (χ0) is 13.4. The monoisotopic (exact) mass is 247 g/mol. The predicted octanol–water partition coefficient (Wildman–Crippen LogP) is 3.11. The van der Waals surface area contributed by atoms with Crippen molar-refractivity contribution in [1.29, 1.82) is 0 Å². The fraction of sp³-hybridized carbons (Fsp3) is 0.400. The van der Waals surface area contributed by atoms with Crippen LogP contribution in [0.1, 0.15) is 25.3 Å². The van der Waals surface area contributed by atoms with Crippen molar-refractivity contribution in [3.05, 3.63) is 35.9 Å². The summed E-state index contributed by atoms with van der Waals surface area (Å²) in [6.45, 7) is 2.56. The summed E-state index contributed by atoms with van der Waals surface area (Å²) >= 11 is 0. The van der Waals surface area contributed by atoms with Crippen molar-refractivity contribution in [3.8, 4) is 0 Å². The summed E-state index contributed by atoms with van der Waals surface area (Å²) < 4.78 is 5.05. The molecule has 0 aromatic heterocycles. The number of carbonyl (C=O) groups is 1. The smallest absolute Gasteiger partial charge is 0.330 e. The number of rotatable bonds is 6. The third-order valence-corrected chi connectivity index (χ3v) is 2.54. The van der Waals surface area contributed by atoms with Crippen molar-refractivity contribution in [3.63, 3.8) is 0 Å². The van der Waals surface area contributed by atoms with Crippen LogP contribution in [0, 0.1) is 0 Å². The number of benzene rings is 1. The minimum absolute atomic E-state index is 0.279. The van der Waals surface area contributed by atoms with Gasteiger partial charge in [0.15, 0.2) is 0 Å². The Morgan fingerprint density at radius 3 is 2.83 bits per heavy atom. The highest BCUT2D eigenvalue weighted by molar-refractivity contribution is 5.87. The number of hydrogen-bond donors (Lipinski definition) is 0. The van der Waals surface area contributed by atoms with E-state index in [0.29, 0.717) is 6.61 Å². The highest BCUT2D eigenvalue weighted by Gasteiger charge is 1.98. The molecule has 0 saturated heterocycles. The summed E-state index contributed by atoms with van der Waals surface area (Å²) in [4.78, 5) is 13.4. The fourth-order valence-corrected chi connectivity index (χ4v) is 1.44. The molecule has 18 heavy (non-hydrogen) atoms. The van der Waals surface area contributed by atoms with E-state index in [-0.39, 0.29) is 5.97 Å². The topological polar surface area (TPSA) is 29.5 Å². The summed E-state index contributed by atoms with van der Waals surface area (Å²) in [5.41, 5.74) is 2.10. The largest absolute Gasteiger partial charge is 0.463 e. The van der Waals surface area contributed by atoms with Gasteiger partial charge in [0.25, 0.3) is 0 Å². The average molecular weight is 247 g/mol. The van der Waals surface area contributed by atoms with Gasteiger partial charge >= 0.3 is 5.97 Å². The van der Waals surface area contributed by atoms with Crippen molar-refractivity contribution in [2.75, 3.05) is 25.6 Å². The number of hydrogen-bond acceptors (Lipinski definition) is 3. The number of unbranched alkanes of at least 4 members (excludes halogenated alkanes) is 1. The molecule has 0 aliphatic carbocycles. The normalized spacial score (nSPS) is 10.6. The SMILES string of the molecule is CCCCOC(=O)C=Cc1cccc(N(C)C)c1. The summed E-state index contributed by atoms with van der Waals surface area (Å²) in [6.07, 6.45) is 5.20. The number of esters is 1. The lowest BCUT2D eigenvalue weighted by Crippen LogP contribution is -2.08. The quantitative estimate of drug-likeness (QED) is 0.439. The zero-order valence-corrected chi connectivity index (χ0v) is 11.3. The van der Waals surface area contributed by atoms with Gasteiger partial charge in [-0.25, -0.2) is 4.79 Å². The minimum Gasteiger partial charge on any atom is -0.463 e. The standard InChI is InChI=1S/C15H21NO2/c1-4-5-11-18-15(17)10-9-13-7-6-8-14(12-13)16(2)3/h6-10,12H,4-5,11H2,1-3H3. The molecule has 0 radical (unpaired) electrons. The van der Waals surface area contributed by atoms with Crippen LogP contribution < -0.4 is 4.90 Å². The van der Waals surface area contributed by atoms with E-state index < -0.39 is 0 Å². The van der Waals surface area contributed by atoms with Crippen LogP contribution in [-0.2, 0) is 9.53 Å². The summed E-state index contributed by atoms with van der Waals surface area (Å²) in [6, 6.07) is 7.98. The molecule has 0 saturated carbocycles. The number of ether oxygens (including phenoxy) is 1. The van der Waals surface area contributed by atoms with E-state index in [1.165, 1.54) is 6.08 Å². The van der Waals surface area contributed by atoms with Gasteiger partial charge in [0.2, 0.25) is 0 Å². The Bertz CT molecular complexity index is 411. The fourth-order valence-electron chi connectivity index (χ4n) is 1.44. The molecule has 1 rings (SSSR count). The third kappa shape index (κ3) is 5.04. The van der Waals surface area contributed by atoms with Crippen LogP contribution in [0.5, 0.6) is 0 Å². The third-order valence-electron chi connectivity index (χ3n) is 2.54. The first kappa shape index (κ1) is 14.3. The van der Waals surface area contributed by atoms with E-state index in [1.807, 2.05) is 43.3 Å². The maximum Gasteiger partial charge on any atom is 0.330 e. The van der Waals surface area contributed by atoms with E-state index in [9.17, 15) is 4.79 Å². The molecule has 3 heteroatoms. The summed E-state index contributed by atoms with van der Waals surface area (Å²) in [7, 11) is 3.98. The highest BCUT2D eigenvalue weighted by atomic mass is 16.5. The molecule has 0 amide bonds. The lowest BCUT2D eigenvalue weighted by atomic mass is 10.2. The van der Waals surface area contributed by atoms with E-state index in [2.05, 4.69) is 6.92 Å². The molecule has 0 fully saturated rings. The van der Waals surface area contributed by atoms with Gasteiger partial charge in [0, 0.05) is 25.9 Å². The number of carbonyl (C=O) groups excluding carboxylic acids is 1. The van der Waals surface area contributed by atoms with Crippen LogP contribution in [0.2, 0.25) is 0 Å². The van der Waals surface area contributed by atoms with Crippen LogP contribution in [0.15, 0.2) is 30.3 Å². The van der Waals surface area contributed by atoms with E-state index in [1.54, 1.807) is 6.08 Å². The van der Waals surface area contributed by atoms with Crippen molar-refractivity contribution >= 4 is 17.7 Å². The molecule has 0 bridgehead atoms. The Labute approximate surface area is 109 Å². The summed E-state index contributed by atoms with van der Waals surface area (Å²) in [5.74, 6) is -0.279. The van der Waals surface area contributed by atoms with E-state index >= 15 is 0 Å². The molecule has 98 valence electrons. The Kier molecular flexibility index (Phi) is 5.98. The first-order chi connectivity index (χ1) is 8.63. The Morgan fingerprint density at radius 2 is 2.17 bits per heavy atom. The van der Waals surface area contributed by atoms with Gasteiger partial charge in [-0.2, -0.15) is 0 Å². The van der Waals surface area contributed by atoms with Gasteiger partial charge in [-0.1, -0.05) is 25.5 Å². The first-order valence-electron chi connectivity index (χ1n) is 6.25. The van der Waals surface area contributed by atoms with Crippen LogP contribution in [0.4, 0.5) is 5.69 Å². The molecule has 1 aromatic rings. The van der Waals surface area contributed by atoms with Crippen LogP contribution in [-0.4, -0.2) is 26.7 Å². The minimum atomic E-state index is -0.279. The van der Waals surface area contributed by atoms with Crippen molar-refractivity contribution < 1.29 is 9.53 Å². The number of anilines is 1. The molecule has 1 aromatic carbocycles. The Morgan fingerprint density at radius 1 is 1.39 bits per heavy atom. The van der Waals surface area contributed by atoms with Crippen LogP contribution in [0.3, 0.4) is 0 Å². The molecule has 3 nitrogen and oxygen atoms in total. The molecular weight excluding hydrogens is 226 g/mol. The maximum atomic E-state index is 11.4. The number of nitrogens with zero attached hydrogens (tertiary/aromatic N) is 1. The molecule has 0 aliphatic heterocycles. The van der Waals surface area contributed by atoms with Crippen LogP contribution in [0.25, 0.3) is 6.08 Å².